The molecule has 1 aromatic heterocycles. The van der Waals surface area contributed by atoms with Gasteiger partial charge in [0.1, 0.15) is 5.69 Å². The summed E-state index contributed by atoms with van der Waals surface area (Å²) in [5.74, 6) is 0.310. The van der Waals surface area contributed by atoms with E-state index in [0.29, 0.717) is 11.3 Å². The normalized spacial score (nSPS) is 10.5. The molecule has 0 aliphatic rings. The number of methoxy groups -OCH3 is 1. The molecule has 0 aliphatic carbocycles. The molecule has 1 aromatic rings. The van der Waals surface area contributed by atoms with Gasteiger partial charge in [-0.3, -0.25) is 0 Å². The second-order valence-corrected chi connectivity index (χ2v) is 2.58. The fourth-order valence-electron chi connectivity index (χ4n) is 1.00. The number of rotatable bonds is 2. The third-order valence-corrected chi connectivity index (χ3v) is 1.67. The van der Waals surface area contributed by atoms with Gasteiger partial charge in [-0.15, -0.1) is 0 Å². The number of pyridine rings is 1. The Kier molecular flexibility index (Phi) is 2.65. The van der Waals surface area contributed by atoms with E-state index < -0.39 is 6.43 Å². The number of ether oxygens (including phenoxy) is 1. The van der Waals surface area contributed by atoms with Gasteiger partial charge in [-0.1, -0.05) is 0 Å². The molecular weight excluding hydrogens is 178 g/mol. The van der Waals surface area contributed by atoms with Crippen molar-refractivity contribution in [2.24, 2.45) is 0 Å². The second-order valence-electron chi connectivity index (χ2n) is 2.58. The zero-order chi connectivity index (χ0) is 10.0. The van der Waals surface area contributed by atoms with E-state index in [1.165, 1.54) is 20.1 Å². The second kappa shape index (κ2) is 3.55. The molecule has 0 aliphatic heterocycles. The van der Waals surface area contributed by atoms with E-state index in [-0.39, 0.29) is 11.5 Å². The van der Waals surface area contributed by atoms with Gasteiger partial charge in [0, 0.05) is 0 Å². The zero-order valence-electron chi connectivity index (χ0n) is 7.34. The van der Waals surface area contributed by atoms with Crippen molar-refractivity contribution in [3.05, 3.63) is 17.3 Å². The van der Waals surface area contributed by atoms with Crippen molar-refractivity contribution in [1.82, 2.24) is 4.98 Å². The van der Waals surface area contributed by atoms with Crippen LogP contribution in [0.3, 0.4) is 0 Å². The van der Waals surface area contributed by atoms with Gasteiger partial charge in [0.2, 0.25) is 0 Å². The first kappa shape index (κ1) is 9.70. The minimum atomic E-state index is -2.60. The van der Waals surface area contributed by atoms with Crippen molar-refractivity contribution in [3.63, 3.8) is 0 Å². The van der Waals surface area contributed by atoms with Crippen molar-refractivity contribution in [1.29, 1.82) is 0 Å². The van der Waals surface area contributed by atoms with Crippen molar-refractivity contribution in [3.8, 4) is 5.75 Å². The van der Waals surface area contributed by atoms with Crippen molar-refractivity contribution < 1.29 is 13.5 Å². The highest BCUT2D eigenvalue weighted by Crippen LogP contribution is 2.27. The quantitative estimate of drug-likeness (QED) is 0.771. The monoisotopic (exact) mass is 188 g/mol. The van der Waals surface area contributed by atoms with Crippen LogP contribution in [-0.2, 0) is 0 Å². The molecule has 5 heteroatoms. The topological polar surface area (TPSA) is 48.1 Å². The fourth-order valence-corrected chi connectivity index (χ4v) is 1.00. The van der Waals surface area contributed by atoms with Crippen LogP contribution in [0.25, 0.3) is 0 Å². The molecule has 3 nitrogen and oxygen atoms in total. The summed E-state index contributed by atoms with van der Waals surface area (Å²) in [6.45, 7) is 1.54. The van der Waals surface area contributed by atoms with Crippen LogP contribution in [0.2, 0.25) is 0 Å². The lowest BCUT2D eigenvalue weighted by Gasteiger charge is -2.08. The summed E-state index contributed by atoms with van der Waals surface area (Å²) in [7, 11) is 1.41. The van der Waals surface area contributed by atoms with Crippen molar-refractivity contribution in [2.45, 2.75) is 13.3 Å². The van der Waals surface area contributed by atoms with Crippen molar-refractivity contribution >= 4 is 5.82 Å². The number of nitrogens with zero attached hydrogens (tertiary/aromatic N) is 1. The van der Waals surface area contributed by atoms with Crippen LogP contribution in [0.15, 0.2) is 6.07 Å². The maximum Gasteiger partial charge on any atom is 0.280 e. The molecule has 0 atom stereocenters. The van der Waals surface area contributed by atoms with E-state index in [1.807, 2.05) is 0 Å². The Hall–Kier alpha value is -1.39. The molecule has 0 saturated heterocycles. The first-order valence-electron chi connectivity index (χ1n) is 3.65. The van der Waals surface area contributed by atoms with Crippen LogP contribution >= 0.6 is 0 Å². The molecule has 1 rings (SSSR count). The van der Waals surface area contributed by atoms with Crippen LogP contribution in [0, 0.1) is 6.92 Å². The fraction of sp³-hybridized carbons (Fsp3) is 0.375. The summed E-state index contributed by atoms with van der Waals surface area (Å²) < 4.78 is 29.4. The summed E-state index contributed by atoms with van der Waals surface area (Å²) in [4.78, 5) is 3.55. The van der Waals surface area contributed by atoms with Gasteiger partial charge < -0.3 is 10.5 Å². The Labute approximate surface area is 74.5 Å². The largest absolute Gasteiger partial charge is 0.493 e. The molecule has 1 heterocycles. The minimum Gasteiger partial charge on any atom is -0.493 e. The maximum atomic E-state index is 12.3. The standard InChI is InChI=1S/C8H10F2N2O/c1-4-3-5(13-2)8(11)12-6(4)7(9)10/h3,7H,1-2H3,(H2,11,12). The first-order valence-corrected chi connectivity index (χ1v) is 3.65. The summed E-state index contributed by atoms with van der Waals surface area (Å²) in [6.07, 6.45) is -2.60. The van der Waals surface area contributed by atoms with E-state index in [2.05, 4.69) is 4.98 Å². The number of nitrogen functional groups attached to an aromatic ring is 1. The third kappa shape index (κ3) is 1.85. The Balaban J connectivity index is 3.20. The van der Waals surface area contributed by atoms with Crippen LogP contribution in [-0.4, -0.2) is 12.1 Å². The highest BCUT2D eigenvalue weighted by molar-refractivity contribution is 5.49. The lowest BCUT2D eigenvalue weighted by Crippen LogP contribution is -2.02. The van der Waals surface area contributed by atoms with Crippen molar-refractivity contribution in [2.75, 3.05) is 12.8 Å². The summed E-state index contributed by atoms with van der Waals surface area (Å²) in [5, 5.41) is 0. The summed E-state index contributed by atoms with van der Waals surface area (Å²) in [6, 6.07) is 1.45. The van der Waals surface area contributed by atoms with E-state index >= 15 is 0 Å². The SMILES string of the molecule is COc1cc(C)c(C(F)F)nc1N. The number of anilines is 1. The van der Waals surface area contributed by atoms with Gasteiger partial charge in [0.25, 0.3) is 6.43 Å². The van der Waals surface area contributed by atoms with E-state index in [4.69, 9.17) is 10.5 Å². The van der Waals surface area contributed by atoms with Crippen LogP contribution < -0.4 is 10.5 Å². The van der Waals surface area contributed by atoms with Gasteiger partial charge in [0.15, 0.2) is 11.6 Å². The predicted octanol–water partition coefficient (Wildman–Crippen LogP) is 1.92. The number of hydrogen-bond acceptors (Lipinski definition) is 3. The number of alkyl halides is 2. The molecule has 0 bridgehead atoms. The first-order chi connectivity index (χ1) is 6.06. The molecule has 13 heavy (non-hydrogen) atoms. The summed E-state index contributed by atoms with van der Waals surface area (Å²) in [5.41, 5.74) is 5.45. The molecule has 0 saturated carbocycles. The van der Waals surface area contributed by atoms with E-state index in [1.54, 1.807) is 0 Å². The highest BCUT2D eigenvalue weighted by atomic mass is 19.3. The Bertz CT molecular complexity index is 315. The lowest BCUT2D eigenvalue weighted by atomic mass is 10.2. The van der Waals surface area contributed by atoms with E-state index in [9.17, 15) is 8.78 Å². The average Bonchev–Trinajstić information content (AvgIpc) is 2.07. The molecular formula is C8H10F2N2O. The Morgan fingerprint density at radius 2 is 2.15 bits per heavy atom. The minimum absolute atomic E-state index is 0.0107. The molecule has 0 radical (unpaired) electrons. The Morgan fingerprint density at radius 1 is 1.54 bits per heavy atom. The van der Waals surface area contributed by atoms with Gasteiger partial charge in [-0.25, -0.2) is 13.8 Å². The van der Waals surface area contributed by atoms with Crippen LogP contribution in [0.1, 0.15) is 17.7 Å². The van der Waals surface area contributed by atoms with Crippen LogP contribution in [0.5, 0.6) is 5.75 Å². The molecule has 0 unspecified atom stereocenters. The maximum absolute atomic E-state index is 12.3. The number of nitrogens with two attached hydrogens (primary N) is 1. The van der Waals surface area contributed by atoms with Gasteiger partial charge >= 0.3 is 0 Å². The summed E-state index contributed by atoms with van der Waals surface area (Å²) >= 11 is 0. The smallest absolute Gasteiger partial charge is 0.280 e. The Morgan fingerprint density at radius 3 is 2.62 bits per heavy atom. The molecule has 72 valence electrons. The number of halogens is 2. The van der Waals surface area contributed by atoms with Gasteiger partial charge in [-0.2, -0.15) is 0 Å². The molecule has 2 N–H and O–H groups in total. The number of aromatic nitrogens is 1. The lowest BCUT2D eigenvalue weighted by molar-refractivity contribution is 0.145. The predicted molar refractivity (Wildman–Crippen MR) is 44.9 cm³/mol. The molecule has 0 spiro atoms. The van der Waals surface area contributed by atoms with Gasteiger partial charge in [0.05, 0.1) is 7.11 Å². The molecule has 0 fully saturated rings. The third-order valence-electron chi connectivity index (χ3n) is 1.67. The molecule has 0 amide bonds. The highest BCUT2D eigenvalue weighted by Gasteiger charge is 2.15. The average molecular weight is 188 g/mol. The zero-order valence-corrected chi connectivity index (χ0v) is 7.34. The van der Waals surface area contributed by atoms with Gasteiger partial charge in [-0.05, 0) is 18.6 Å². The number of aryl methyl sites for hydroxylation is 1. The van der Waals surface area contributed by atoms with E-state index in [0.717, 1.165) is 0 Å². The molecule has 0 aromatic carbocycles. The number of hydrogen-bond donors (Lipinski definition) is 1. The van der Waals surface area contributed by atoms with Crippen LogP contribution in [0.4, 0.5) is 14.6 Å².